The summed E-state index contributed by atoms with van der Waals surface area (Å²) in [6.07, 6.45) is 4.77. The Morgan fingerprint density at radius 3 is 3.06 bits per heavy atom. The number of nitrogens with zero attached hydrogens (tertiary/aromatic N) is 1. The summed E-state index contributed by atoms with van der Waals surface area (Å²) in [5.41, 5.74) is 1.90. The van der Waals surface area contributed by atoms with Crippen molar-refractivity contribution in [2.24, 2.45) is 7.05 Å². The molecule has 2 heterocycles. The van der Waals surface area contributed by atoms with Crippen LogP contribution in [0.2, 0.25) is 0 Å². The molecule has 3 nitrogen and oxygen atoms in total. The Morgan fingerprint density at radius 2 is 2.28 bits per heavy atom. The molecule has 3 rings (SSSR count). The minimum absolute atomic E-state index is 0.569. The van der Waals surface area contributed by atoms with Gasteiger partial charge in [-0.25, -0.2) is 0 Å². The fourth-order valence-corrected chi connectivity index (χ4v) is 2.92. The summed E-state index contributed by atoms with van der Waals surface area (Å²) < 4.78 is 2.12. The van der Waals surface area contributed by atoms with Gasteiger partial charge in [-0.15, -0.1) is 0 Å². The third-order valence-corrected chi connectivity index (χ3v) is 3.93. The first-order valence-corrected chi connectivity index (χ1v) is 6.63. The minimum atomic E-state index is -0.569. The fraction of sp³-hybridized carbons (Fsp3) is 0.467. The normalized spacial score (nSPS) is 24.6. The number of aromatic nitrogens is 1. The van der Waals surface area contributed by atoms with Crippen molar-refractivity contribution in [2.75, 3.05) is 13.1 Å². The summed E-state index contributed by atoms with van der Waals surface area (Å²) >= 11 is 0. The molecule has 1 aromatic carbocycles. The Kier molecular flexibility index (Phi) is 2.88. The molecule has 0 aliphatic carbocycles. The average Bonchev–Trinajstić information content (AvgIpc) is 2.71. The molecule has 0 bridgehead atoms. The molecular weight excluding hydrogens is 224 g/mol. The second kappa shape index (κ2) is 4.41. The van der Waals surface area contributed by atoms with Crippen LogP contribution in [0.25, 0.3) is 10.9 Å². The van der Waals surface area contributed by atoms with Gasteiger partial charge in [-0.3, -0.25) is 0 Å². The highest BCUT2D eigenvalue weighted by atomic mass is 16.3. The number of benzene rings is 1. The van der Waals surface area contributed by atoms with E-state index in [2.05, 4.69) is 47.4 Å². The molecule has 1 unspecified atom stereocenters. The summed E-state index contributed by atoms with van der Waals surface area (Å²) in [7, 11) is 2.06. The van der Waals surface area contributed by atoms with E-state index in [0.29, 0.717) is 6.54 Å². The van der Waals surface area contributed by atoms with Gasteiger partial charge < -0.3 is 15.0 Å². The molecule has 1 aliphatic rings. The van der Waals surface area contributed by atoms with Gasteiger partial charge in [-0.1, -0.05) is 6.07 Å². The molecular formula is C15H20N2O. The molecule has 1 atom stereocenters. The molecule has 96 valence electrons. The number of hydrogen-bond acceptors (Lipinski definition) is 2. The Balaban J connectivity index is 1.85. The van der Waals surface area contributed by atoms with Gasteiger partial charge in [-0.05, 0) is 48.5 Å². The number of β-amino-alcohol motifs (C(OH)–C–C–N with tert-alkyl or cyclic N) is 1. The Labute approximate surface area is 107 Å². The second-order valence-electron chi connectivity index (χ2n) is 5.50. The van der Waals surface area contributed by atoms with Gasteiger partial charge in [0.25, 0.3) is 0 Å². The number of fused-ring (bicyclic) bond motifs is 1. The van der Waals surface area contributed by atoms with Crippen LogP contribution in [0.1, 0.15) is 18.4 Å². The summed E-state index contributed by atoms with van der Waals surface area (Å²) in [5, 5.41) is 15.1. The van der Waals surface area contributed by atoms with Crippen LogP contribution in [-0.2, 0) is 13.5 Å². The van der Waals surface area contributed by atoms with E-state index in [1.165, 1.54) is 16.5 Å². The Bertz CT molecular complexity index is 553. The van der Waals surface area contributed by atoms with Crippen LogP contribution in [0.3, 0.4) is 0 Å². The van der Waals surface area contributed by atoms with Gasteiger partial charge in [0.05, 0.1) is 5.60 Å². The third-order valence-electron chi connectivity index (χ3n) is 3.93. The molecule has 0 radical (unpaired) electrons. The van der Waals surface area contributed by atoms with Gasteiger partial charge in [0.15, 0.2) is 0 Å². The highest BCUT2D eigenvalue weighted by molar-refractivity contribution is 5.80. The van der Waals surface area contributed by atoms with Crippen LogP contribution in [0, 0.1) is 0 Å². The zero-order valence-corrected chi connectivity index (χ0v) is 10.8. The molecule has 1 saturated heterocycles. The van der Waals surface area contributed by atoms with E-state index in [1.54, 1.807) is 0 Å². The standard InChI is InChI=1S/C15H20N2O/c1-17-8-5-13-9-12(3-4-14(13)17)10-15(18)6-2-7-16-11-15/h3-5,8-9,16,18H,2,6-7,10-11H2,1H3. The van der Waals surface area contributed by atoms with E-state index in [4.69, 9.17) is 0 Å². The SMILES string of the molecule is Cn1ccc2cc(CC3(O)CCCNC3)ccc21. The monoisotopic (exact) mass is 244 g/mol. The van der Waals surface area contributed by atoms with E-state index in [-0.39, 0.29) is 0 Å². The summed E-state index contributed by atoms with van der Waals surface area (Å²) in [6, 6.07) is 8.60. The number of aliphatic hydroxyl groups is 1. The molecule has 1 fully saturated rings. The lowest BCUT2D eigenvalue weighted by molar-refractivity contribution is 0.0170. The van der Waals surface area contributed by atoms with E-state index in [0.717, 1.165) is 25.8 Å². The molecule has 3 heteroatoms. The second-order valence-corrected chi connectivity index (χ2v) is 5.50. The number of hydrogen-bond donors (Lipinski definition) is 2. The lowest BCUT2D eigenvalue weighted by atomic mass is 9.87. The predicted octanol–water partition coefficient (Wildman–Crippen LogP) is 1.84. The summed E-state index contributed by atoms with van der Waals surface area (Å²) in [5.74, 6) is 0. The number of nitrogens with one attached hydrogen (secondary N) is 1. The van der Waals surface area contributed by atoms with Gasteiger partial charge in [-0.2, -0.15) is 0 Å². The number of rotatable bonds is 2. The molecule has 0 spiro atoms. The summed E-state index contributed by atoms with van der Waals surface area (Å²) in [6.45, 7) is 1.74. The van der Waals surface area contributed by atoms with Crippen LogP contribution >= 0.6 is 0 Å². The minimum Gasteiger partial charge on any atom is -0.388 e. The van der Waals surface area contributed by atoms with Crippen molar-refractivity contribution in [3.05, 3.63) is 36.0 Å². The Hall–Kier alpha value is -1.32. The predicted molar refractivity (Wildman–Crippen MR) is 73.7 cm³/mol. The maximum absolute atomic E-state index is 10.5. The van der Waals surface area contributed by atoms with E-state index in [9.17, 15) is 5.11 Å². The van der Waals surface area contributed by atoms with E-state index in [1.807, 2.05) is 0 Å². The maximum atomic E-state index is 10.5. The van der Waals surface area contributed by atoms with Crippen LogP contribution in [-0.4, -0.2) is 28.4 Å². The topological polar surface area (TPSA) is 37.2 Å². The molecule has 1 aliphatic heterocycles. The first kappa shape index (κ1) is 11.8. The van der Waals surface area contributed by atoms with Crippen LogP contribution in [0.4, 0.5) is 0 Å². The molecule has 2 N–H and O–H groups in total. The van der Waals surface area contributed by atoms with Crippen LogP contribution < -0.4 is 5.32 Å². The fourth-order valence-electron chi connectivity index (χ4n) is 2.92. The van der Waals surface area contributed by atoms with Crippen LogP contribution in [0.15, 0.2) is 30.5 Å². The van der Waals surface area contributed by atoms with Crippen LogP contribution in [0.5, 0.6) is 0 Å². The van der Waals surface area contributed by atoms with Crippen molar-refractivity contribution < 1.29 is 5.11 Å². The van der Waals surface area contributed by atoms with Crippen molar-refractivity contribution in [1.29, 1.82) is 0 Å². The van der Waals surface area contributed by atoms with Gasteiger partial charge in [0, 0.05) is 31.7 Å². The Morgan fingerprint density at radius 1 is 1.39 bits per heavy atom. The first-order valence-electron chi connectivity index (χ1n) is 6.63. The summed E-state index contributed by atoms with van der Waals surface area (Å²) in [4.78, 5) is 0. The third kappa shape index (κ3) is 2.16. The zero-order valence-electron chi connectivity index (χ0n) is 10.8. The number of aryl methyl sites for hydroxylation is 1. The molecule has 0 saturated carbocycles. The van der Waals surface area contributed by atoms with Crippen molar-refractivity contribution in [3.8, 4) is 0 Å². The lowest BCUT2D eigenvalue weighted by Gasteiger charge is -2.32. The molecule has 18 heavy (non-hydrogen) atoms. The number of piperidine rings is 1. The largest absolute Gasteiger partial charge is 0.388 e. The zero-order chi connectivity index (χ0) is 12.6. The van der Waals surface area contributed by atoms with Crippen molar-refractivity contribution in [3.63, 3.8) is 0 Å². The van der Waals surface area contributed by atoms with Crippen molar-refractivity contribution in [2.45, 2.75) is 24.9 Å². The first-order chi connectivity index (χ1) is 8.66. The van der Waals surface area contributed by atoms with E-state index >= 15 is 0 Å². The highest BCUT2D eigenvalue weighted by Gasteiger charge is 2.29. The van der Waals surface area contributed by atoms with Gasteiger partial charge in [0.2, 0.25) is 0 Å². The van der Waals surface area contributed by atoms with E-state index < -0.39 is 5.60 Å². The lowest BCUT2D eigenvalue weighted by Crippen LogP contribution is -2.47. The molecule has 2 aromatic rings. The quantitative estimate of drug-likeness (QED) is 0.846. The molecule has 0 amide bonds. The van der Waals surface area contributed by atoms with Crippen molar-refractivity contribution in [1.82, 2.24) is 9.88 Å². The van der Waals surface area contributed by atoms with Gasteiger partial charge in [0.1, 0.15) is 0 Å². The average molecular weight is 244 g/mol. The highest BCUT2D eigenvalue weighted by Crippen LogP contribution is 2.24. The van der Waals surface area contributed by atoms with Gasteiger partial charge >= 0.3 is 0 Å². The molecule has 1 aromatic heterocycles. The maximum Gasteiger partial charge on any atom is 0.0812 e. The van der Waals surface area contributed by atoms with Crippen molar-refractivity contribution >= 4 is 10.9 Å². The smallest absolute Gasteiger partial charge is 0.0812 e.